The molecular weight excluding hydrogens is 344 g/mol. The van der Waals surface area contributed by atoms with Crippen molar-refractivity contribution in [3.05, 3.63) is 81.9 Å². The van der Waals surface area contributed by atoms with E-state index in [1.807, 2.05) is 36.4 Å². The van der Waals surface area contributed by atoms with Crippen molar-refractivity contribution in [3.63, 3.8) is 0 Å². The summed E-state index contributed by atoms with van der Waals surface area (Å²) in [6, 6.07) is 18.3. The van der Waals surface area contributed by atoms with Crippen molar-refractivity contribution >= 4 is 11.4 Å². The molecule has 0 bridgehead atoms. The Morgan fingerprint density at radius 1 is 0.963 bits per heavy atom. The van der Waals surface area contributed by atoms with Crippen molar-refractivity contribution in [2.75, 3.05) is 19.5 Å². The third kappa shape index (κ3) is 2.85. The third-order valence-corrected chi connectivity index (χ3v) is 4.81. The number of nitrogens with zero attached hydrogens (tertiary/aromatic N) is 1. The maximum Gasteiger partial charge on any atom is 0.269 e. The van der Waals surface area contributed by atoms with Gasteiger partial charge in [0, 0.05) is 35.0 Å². The van der Waals surface area contributed by atoms with Crippen molar-refractivity contribution in [1.82, 2.24) is 0 Å². The Hall–Kier alpha value is -3.54. The number of fused-ring (bicyclic) bond motifs is 3. The van der Waals surface area contributed by atoms with Gasteiger partial charge >= 0.3 is 0 Å². The van der Waals surface area contributed by atoms with E-state index < -0.39 is 4.92 Å². The second-order valence-corrected chi connectivity index (χ2v) is 6.26. The Morgan fingerprint density at radius 2 is 1.70 bits per heavy atom. The van der Waals surface area contributed by atoms with E-state index in [1.165, 1.54) is 12.1 Å². The molecular formula is C21H18N2O4. The van der Waals surface area contributed by atoms with Gasteiger partial charge in [-0.15, -0.1) is 0 Å². The lowest BCUT2D eigenvalue weighted by atomic mass is 9.85. The van der Waals surface area contributed by atoms with Gasteiger partial charge in [-0.3, -0.25) is 10.1 Å². The summed E-state index contributed by atoms with van der Waals surface area (Å²) in [5, 5.41) is 14.5. The van der Waals surface area contributed by atoms with Crippen LogP contribution in [0.5, 0.6) is 11.5 Å². The van der Waals surface area contributed by atoms with Gasteiger partial charge in [0.05, 0.1) is 25.2 Å². The summed E-state index contributed by atoms with van der Waals surface area (Å²) < 4.78 is 11.1. The van der Waals surface area contributed by atoms with Gasteiger partial charge in [0.15, 0.2) is 0 Å². The number of methoxy groups -OCH3 is 2. The van der Waals surface area contributed by atoms with Crippen molar-refractivity contribution in [1.29, 1.82) is 0 Å². The van der Waals surface area contributed by atoms with Gasteiger partial charge in [-0.25, -0.2) is 0 Å². The quantitative estimate of drug-likeness (QED) is 0.533. The van der Waals surface area contributed by atoms with E-state index >= 15 is 0 Å². The lowest BCUT2D eigenvalue weighted by molar-refractivity contribution is -0.384. The molecule has 0 aromatic heterocycles. The zero-order valence-electron chi connectivity index (χ0n) is 14.9. The molecule has 0 aliphatic carbocycles. The number of nitro benzene ring substituents is 1. The third-order valence-electron chi connectivity index (χ3n) is 4.81. The maximum absolute atomic E-state index is 11.0. The maximum atomic E-state index is 11.0. The van der Waals surface area contributed by atoms with E-state index in [-0.39, 0.29) is 11.7 Å². The van der Waals surface area contributed by atoms with Crippen LogP contribution in [-0.4, -0.2) is 19.1 Å². The zero-order chi connectivity index (χ0) is 19.0. The first-order valence-corrected chi connectivity index (χ1v) is 8.48. The molecule has 3 aromatic rings. The smallest absolute Gasteiger partial charge is 0.269 e. The lowest BCUT2D eigenvalue weighted by Crippen LogP contribution is -2.19. The molecule has 6 heteroatoms. The molecule has 4 rings (SSSR count). The van der Waals surface area contributed by atoms with E-state index in [0.717, 1.165) is 27.9 Å². The fourth-order valence-electron chi connectivity index (χ4n) is 3.52. The van der Waals surface area contributed by atoms with Crippen LogP contribution in [0.15, 0.2) is 60.7 Å². The molecule has 1 atom stereocenters. The van der Waals surface area contributed by atoms with Crippen molar-refractivity contribution in [2.24, 2.45) is 0 Å². The van der Waals surface area contributed by atoms with E-state index in [9.17, 15) is 10.1 Å². The summed E-state index contributed by atoms with van der Waals surface area (Å²) >= 11 is 0. The highest BCUT2D eigenvalue weighted by Gasteiger charge is 2.29. The average Bonchev–Trinajstić information content (AvgIpc) is 2.72. The largest absolute Gasteiger partial charge is 0.497 e. The van der Waals surface area contributed by atoms with Gasteiger partial charge in [0.2, 0.25) is 0 Å². The fraction of sp³-hybridized carbons (Fsp3) is 0.143. The Labute approximate surface area is 156 Å². The van der Waals surface area contributed by atoms with Gasteiger partial charge in [0.25, 0.3) is 5.69 Å². The molecule has 136 valence electrons. The van der Waals surface area contributed by atoms with Crippen LogP contribution >= 0.6 is 0 Å². The van der Waals surface area contributed by atoms with Crippen LogP contribution in [0.3, 0.4) is 0 Å². The second-order valence-electron chi connectivity index (χ2n) is 6.26. The number of anilines is 1. The number of non-ortho nitro benzene ring substituents is 1. The normalized spacial score (nSPS) is 14.5. The molecule has 3 aromatic carbocycles. The minimum Gasteiger partial charge on any atom is -0.497 e. The fourth-order valence-corrected chi connectivity index (χ4v) is 3.52. The molecule has 0 saturated heterocycles. The number of benzene rings is 3. The number of para-hydroxylation sites is 1. The Bertz CT molecular complexity index is 1020. The van der Waals surface area contributed by atoms with Crippen molar-refractivity contribution in [3.8, 4) is 22.6 Å². The standard InChI is InChI=1S/C21H18N2O4/c1-26-15-11-17-16-5-3-4-6-18(16)22-21(20(17)19(12-15)27-2)13-7-9-14(10-8-13)23(24)25/h3-12,21-22H,1-2H3/t21-/m0/s1. The molecule has 1 N–H and O–H groups in total. The number of ether oxygens (including phenoxy) is 2. The second kappa shape index (κ2) is 6.64. The zero-order valence-corrected chi connectivity index (χ0v) is 14.9. The number of nitro groups is 1. The minimum atomic E-state index is -0.396. The van der Waals surface area contributed by atoms with Crippen LogP contribution < -0.4 is 14.8 Å². The molecule has 0 spiro atoms. The Morgan fingerprint density at radius 3 is 2.37 bits per heavy atom. The first kappa shape index (κ1) is 16.9. The highest BCUT2D eigenvalue weighted by Crippen LogP contribution is 2.48. The minimum absolute atomic E-state index is 0.0666. The van der Waals surface area contributed by atoms with E-state index in [1.54, 1.807) is 26.4 Å². The molecule has 0 saturated carbocycles. The van der Waals surface area contributed by atoms with Gasteiger partial charge < -0.3 is 14.8 Å². The lowest BCUT2D eigenvalue weighted by Gasteiger charge is -2.31. The molecule has 1 heterocycles. The average molecular weight is 362 g/mol. The van der Waals surface area contributed by atoms with Gasteiger partial charge in [0.1, 0.15) is 11.5 Å². The summed E-state index contributed by atoms with van der Waals surface area (Å²) in [5.74, 6) is 1.42. The first-order chi connectivity index (χ1) is 13.1. The van der Waals surface area contributed by atoms with Crippen LogP contribution in [-0.2, 0) is 0 Å². The number of nitrogens with one attached hydrogen (secondary N) is 1. The molecule has 1 aliphatic heterocycles. The highest BCUT2D eigenvalue weighted by atomic mass is 16.6. The summed E-state index contributed by atoms with van der Waals surface area (Å²) in [6.07, 6.45) is 0. The van der Waals surface area contributed by atoms with Gasteiger partial charge in [-0.2, -0.15) is 0 Å². The van der Waals surface area contributed by atoms with E-state index in [0.29, 0.717) is 11.5 Å². The molecule has 0 amide bonds. The van der Waals surface area contributed by atoms with Gasteiger partial charge in [-0.05, 0) is 35.4 Å². The topological polar surface area (TPSA) is 73.6 Å². The van der Waals surface area contributed by atoms with Crippen LogP contribution in [0, 0.1) is 10.1 Å². The predicted molar refractivity (Wildman–Crippen MR) is 104 cm³/mol. The molecule has 27 heavy (non-hydrogen) atoms. The van der Waals surface area contributed by atoms with Crippen LogP contribution in [0.2, 0.25) is 0 Å². The van der Waals surface area contributed by atoms with Crippen LogP contribution in [0.25, 0.3) is 11.1 Å². The van der Waals surface area contributed by atoms with Gasteiger partial charge in [-0.1, -0.05) is 18.2 Å². The van der Waals surface area contributed by atoms with E-state index in [4.69, 9.17) is 9.47 Å². The molecule has 0 fully saturated rings. The SMILES string of the molecule is COc1cc(OC)c2c(c1)-c1ccccc1N[C@H]2c1ccc([N+](=O)[O-])cc1. The van der Waals surface area contributed by atoms with Crippen LogP contribution in [0.4, 0.5) is 11.4 Å². The summed E-state index contributed by atoms with van der Waals surface area (Å²) in [6.45, 7) is 0. The number of rotatable bonds is 4. The van der Waals surface area contributed by atoms with Crippen molar-refractivity contribution < 1.29 is 14.4 Å². The van der Waals surface area contributed by atoms with Crippen LogP contribution in [0.1, 0.15) is 17.2 Å². The Balaban J connectivity index is 1.92. The summed E-state index contributed by atoms with van der Waals surface area (Å²) in [7, 11) is 3.25. The molecule has 1 aliphatic rings. The number of hydrogen-bond acceptors (Lipinski definition) is 5. The number of hydrogen-bond donors (Lipinski definition) is 1. The molecule has 0 unspecified atom stereocenters. The summed E-state index contributed by atoms with van der Waals surface area (Å²) in [4.78, 5) is 10.6. The predicted octanol–water partition coefficient (Wildman–Crippen LogP) is 4.79. The monoisotopic (exact) mass is 362 g/mol. The summed E-state index contributed by atoms with van der Waals surface area (Å²) in [5.41, 5.74) is 5.03. The van der Waals surface area contributed by atoms with Crippen molar-refractivity contribution in [2.45, 2.75) is 6.04 Å². The van der Waals surface area contributed by atoms with E-state index in [2.05, 4.69) is 5.32 Å². The molecule has 6 nitrogen and oxygen atoms in total. The first-order valence-electron chi connectivity index (χ1n) is 8.48. The highest BCUT2D eigenvalue weighted by molar-refractivity contribution is 5.87. The molecule has 0 radical (unpaired) electrons. The Kier molecular flexibility index (Phi) is 4.16.